The predicted molar refractivity (Wildman–Crippen MR) is 75.8 cm³/mol. The maximum atomic E-state index is 12.2. The maximum Gasteiger partial charge on any atom is 0.251 e. The van der Waals surface area contributed by atoms with Gasteiger partial charge in [-0.2, -0.15) is 0 Å². The molecule has 0 bridgehead atoms. The Labute approximate surface area is 122 Å². The summed E-state index contributed by atoms with van der Waals surface area (Å²) in [6, 6.07) is 5.99. The van der Waals surface area contributed by atoms with Gasteiger partial charge in [0, 0.05) is 23.7 Å². The van der Waals surface area contributed by atoms with Gasteiger partial charge >= 0.3 is 0 Å². The quantitative estimate of drug-likeness (QED) is 0.915. The van der Waals surface area contributed by atoms with Crippen molar-refractivity contribution in [3.8, 4) is 0 Å². The highest BCUT2D eigenvalue weighted by molar-refractivity contribution is 6.30. The molecule has 20 heavy (non-hydrogen) atoms. The number of morpholine rings is 1. The van der Waals surface area contributed by atoms with Crippen LogP contribution in [0.2, 0.25) is 5.02 Å². The minimum absolute atomic E-state index is 0.0874. The summed E-state index contributed by atoms with van der Waals surface area (Å²) in [6.07, 6.45) is 0. The van der Waals surface area contributed by atoms with Crippen molar-refractivity contribution in [2.24, 2.45) is 0 Å². The van der Waals surface area contributed by atoms with Crippen LogP contribution in [0.3, 0.4) is 0 Å². The molecule has 2 amide bonds. The fraction of sp³-hybridized carbons (Fsp3) is 0.429. The van der Waals surface area contributed by atoms with Gasteiger partial charge in [0.15, 0.2) is 0 Å². The SMILES string of the molecule is C[C@@H](NC(=O)c1ccc(Cl)cc1)C(=O)N1CCOCC1. The van der Waals surface area contributed by atoms with Crippen molar-refractivity contribution in [3.63, 3.8) is 0 Å². The average molecular weight is 297 g/mol. The zero-order valence-corrected chi connectivity index (χ0v) is 12.0. The third-order valence-electron chi connectivity index (χ3n) is 3.15. The molecule has 1 saturated heterocycles. The molecule has 0 aromatic heterocycles. The van der Waals surface area contributed by atoms with Crippen LogP contribution < -0.4 is 5.32 Å². The lowest BCUT2D eigenvalue weighted by atomic mass is 10.2. The molecular weight excluding hydrogens is 280 g/mol. The summed E-state index contributed by atoms with van der Waals surface area (Å²) < 4.78 is 5.20. The number of ether oxygens (including phenoxy) is 1. The second kappa shape index (κ2) is 6.72. The van der Waals surface area contributed by atoms with Gasteiger partial charge in [-0.05, 0) is 31.2 Å². The smallest absolute Gasteiger partial charge is 0.251 e. The Hall–Kier alpha value is -1.59. The Bertz CT molecular complexity index is 484. The molecule has 1 aromatic rings. The van der Waals surface area contributed by atoms with Crippen LogP contribution in [-0.2, 0) is 9.53 Å². The van der Waals surface area contributed by atoms with Crippen LogP contribution in [0.15, 0.2) is 24.3 Å². The predicted octanol–water partition coefficient (Wildman–Crippen LogP) is 1.32. The molecule has 1 N–H and O–H groups in total. The largest absolute Gasteiger partial charge is 0.378 e. The average Bonchev–Trinajstić information content (AvgIpc) is 2.48. The van der Waals surface area contributed by atoms with Crippen LogP contribution in [0, 0.1) is 0 Å². The van der Waals surface area contributed by atoms with Gasteiger partial charge in [-0.1, -0.05) is 11.6 Å². The summed E-state index contributed by atoms with van der Waals surface area (Å²) in [4.78, 5) is 25.9. The first kappa shape index (κ1) is 14.8. The summed E-state index contributed by atoms with van der Waals surface area (Å²) >= 11 is 5.77. The van der Waals surface area contributed by atoms with Crippen molar-refractivity contribution in [2.45, 2.75) is 13.0 Å². The highest BCUT2D eigenvalue weighted by Crippen LogP contribution is 2.10. The lowest BCUT2D eigenvalue weighted by Gasteiger charge is -2.29. The van der Waals surface area contributed by atoms with Crippen LogP contribution in [0.25, 0.3) is 0 Å². The third kappa shape index (κ3) is 3.71. The Morgan fingerprint density at radius 1 is 1.25 bits per heavy atom. The summed E-state index contributed by atoms with van der Waals surface area (Å²) in [5.41, 5.74) is 0.482. The Morgan fingerprint density at radius 2 is 1.85 bits per heavy atom. The van der Waals surface area contributed by atoms with Gasteiger partial charge < -0.3 is 15.0 Å². The van der Waals surface area contributed by atoms with Crippen molar-refractivity contribution in [1.29, 1.82) is 0 Å². The first-order valence-electron chi connectivity index (χ1n) is 6.51. The molecule has 2 rings (SSSR count). The zero-order valence-electron chi connectivity index (χ0n) is 11.3. The monoisotopic (exact) mass is 296 g/mol. The van der Waals surface area contributed by atoms with Crippen LogP contribution in [-0.4, -0.2) is 49.1 Å². The van der Waals surface area contributed by atoms with Crippen molar-refractivity contribution >= 4 is 23.4 Å². The van der Waals surface area contributed by atoms with Crippen molar-refractivity contribution < 1.29 is 14.3 Å². The molecule has 1 aliphatic heterocycles. The number of carbonyl (C=O) groups is 2. The van der Waals surface area contributed by atoms with Gasteiger partial charge in [0.1, 0.15) is 6.04 Å². The molecule has 6 heteroatoms. The molecule has 1 fully saturated rings. The van der Waals surface area contributed by atoms with E-state index in [9.17, 15) is 9.59 Å². The number of nitrogens with one attached hydrogen (secondary N) is 1. The molecule has 0 spiro atoms. The van der Waals surface area contributed by atoms with Gasteiger partial charge in [0.25, 0.3) is 5.91 Å². The van der Waals surface area contributed by atoms with E-state index in [1.165, 1.54) is 0 Å². The van der Waals surface area contributed by atoms with Gasteiger partial charge in [0.2, 0.25) is 5.91 Å². The molecule has 108 valence electrons. The molecule has 5 nitrogen and oxygen atoms in total. The molecule has 1 aromatic carbocycles. The van der Waals surface area contributed by atoms with Gasteiger partial charge in [-0.3, -0.25) is 9.59 Å². The van der Waals surface area contributed by atoms with E-state index in [4.69, 9.17) is 16.3 Å². The number of rotatable bonds is 3. The number of carbonyl (C=O) groups excluding carboxylic acids is 2. The molecule has 1 aliphatic rings. The van der Waals surface area contributed by atoms with E-state index in [-0.39, 0.29) is 11.8 Å². The van der Waals surface area contributed by atoms with Crippen molar-refractivity contribution in [1.82, 2.24) is 10.2 Å². The fourth-order valence-electron chi connectivity index (χ4n) is 2.00. The summed E-state index contributed by atoms with van der Waals surface area (Å²) in [6.45, 7) is 3.92. The van der Waals surface area contributed by atoms with E-state index in [1.807, 2.05) is 0 Å². The molecule has 0 aliphatic carbocycles. The Morgan fingerprint density at radius 3 is 2.45 bits per heavy atom. The van der Waals surface area contributed by atoms with Crippen molar-refractivity contribution in [3.05, 3.63) is 34.9 Å². The first-order chi connectivity index (χ1) is 9.58. The number of benzene rings is 1. The van der Waals surface area contributed by atoms with Crippen LogP contribution in [0.4, 0.5) is 0 Å². The van der Waals surface area contributed by atoms with Crippen LogP contribution >= 0.6 is 11.6 Å². The summed E-state index contributed by atoms with van der Waals surface area (Å²) in [5.74, 6) is -0.369. The lowest BCUT2D eigenvalue weighted by molar-refractivity contribution is -0.136. The fourth-order valence-corrected chi connectivity index (χ4v) is 2.13. The van der Waals surface area contributed by atoms with E-state index in [1.54, 1.807) is 36.1 Å². The summed E-state index contributed by atoms with van der Waals surface area (Å²) in [7, 11) is 0. The van der Waals surface area contributed by atoms with Crippen LogP contribution in [0.1, 0.15) is 17.3 Å². The molecule has 1 heterocycles. The normalized spacial score (nSPS) is 16.6. The Kier molecular flexibility index (Phi) is 4.98. The van der Waals surface area contributed by atoms with E-state index < -0.39 is 6.04 Å². The number of halogens is 1. The van der Waals surface area contributed by atoms with E-state index in [2.05, 4.69) is 5.32 Å². The van der Waals surface area contributed by atoms with E-state index in [0.717, 1.165) is 0 Å². The lowest BCUT2D eigenvalue weighted by Crippen LogP contribution is -2.50. The molecule has 0 unspecified atom stereocenters. The van der Waals surface area contributed by atoms with Gasteiger partial charge in [-0.15, -0.1) is 0 Å². The standard InChI is InChI=1S/C14H17ClN2O3/c1-10(14(19)17-6-8-20-9-7-17)16-13(18)11-2-4-12(15)5-3-11/h2-5,10H,6-9H2,1H3,(H,16,18)/t10-/m1/s1. The first-order valence-corrected chi connectivity index (χ1v) is 6.88. The maximum absolute atomic E-state index is 12.2. The molecule has 0 saturated carbocycles. The Balaban J connectivity index is 1.92. The van der Waals surface area contributed by atoms with Gasteiger partial charge in [-0.25, -0.2) is 0 Å². The zero-order chi connectivity index (χ0) is 14.5. The number of nitrogens with zero attached hydrogens (tertiary/aromatic N) is 1. The highest BCUT2D eigenvalue weighted by Gasteiger charge is 2.23. The molecule has 0 radical (unpaired) electrons. The van der Waals surface area contributed by atoms with Crippen LogP contribution in [0.5, 0.6) is 0 Å². The van der Waals surface area contributed by atoms with Gasteiger partial charge in [0.05, 0.1) is 13.2 Å². The number of amides is 2. The second-order valence-corrected chi connectivity index (χ2v) is 5.08. The topological polar surface area (TPSA) is 58.6 Å². The molecule has 1 atom stereocenters. The minimum Gasteiger partial charge on any atom is -0.378 e. The second-order valence-electron chi connectivity index (χ2n) is 4.64. The summed E-state index contributed by atoms with van der Waals surface area (Å²) in [5, 5.41) is 3.27. The van der Waals surface area contributed by atoms with Crippen molar-refractivity contribution in [2.75, 3.05) is 26.3 Å². The highest BCUT2D eigenvalue weighted by atomic mass is 35.5. The number of hydrogen-bond donors (Lipinski definition) is 1. The van der Waals surface area contributed by atoms with E-state index >= 15 is 0 Å². The van der Waals surface area contributed by atoms with E-state index in [0.29, 0.717) is 36.9 Å². The number of hydrogen-bond acceptors (Lipinski definition) is 3. The molecular formula is C14H17ClN2O3. The minimum atomic E-state index is -0.559. The third-order valence-corrected chi connectivity index (χ3v) is 3.40.